The van der Waals surface area contributed by atoms with Crippen molar-refractivity contribution in [2.24, 2.45) is 0 Å². The molecule has 17 heavy (non-hydrogen) atoms. The second-order valence-corrected chi connectivity index (χ2v) is 4.05. The molecule has 3 N–H and O–H groups in total. The number of hydrogen-bond donors (Lipinski definition) is 2. The zero-order chi connectivity index (χ0) is 12.3. The summed E-state index contributed by atoms with van der Waals surface area (Å²) in [6.07, 6.45) is 4.76. The smallest absolute Gasteiger partial charge is 0.271 e. The second kappa shape index (κ2) is 5.09. The van der Waals surface area contributed by atoms with E-state index in [1.165, 1.54) is 12.4 Å². The van der Waals surface area contributed by atoms with E-state index >= 15 is 0 Å². The molecule has 1 aromatic heterocycles. The number of nitrogens with two attached hydrogens (primary N) is 1. The average Bonchev–Trinajstić information content (AvgIpc) is 2.27. The van der Waals surface area contributed by atoms with Crippen LogP contribution in [0.15, 0.2) is 12.4 Å². The van der Waals surface area contributed by atoms with Gasteiger partial charge in [-0.3, -0.25) is 4.79 Å². The summed E-state index contributed by atoms with van der Waals surface area (Å²) >= 11 is 0. The lowest BCUT2D eigenvalue weighted by molar-refractivity contribution is -0.00867. The molecular formula is C11H16N4O2. The number of nitrogen functional groups attached to an aromatic ring is 1. The van der Waals surface area contributed by atoms with Gasteiger partial charge in [0, 0.05) is 12.6 Å². The molecule has 6 heteroatoms. The van der Waals surface area contributed by atoms with E-state index in [-0.39, 0.29) is 18.1 Å². The van der Waals surface area contributed by atoms with Gasteiger partial charge in [-0.25, -0.2) is 9.97 Å². The number of nitrogens with zero attached hydrogens (tertiary/aromatic N) is 2. The summed E-state index contributed by atoms with van der Waals surface area (Å²) in [5.74, 6) is 0.0963. The molecule has 0 unspecified atom stereocenters. The van der Waals surface area contributed by atoms with Crippen LogP contribution in [-0.2, 0) is 4.74 Å². The van der Waals surface area contributed by atoms with Crippen molar-refractivity contribution in [1.29, 1.82) is 0 Å². The first-order valence-corrected chi connectivity index (χ1v) is 5.69. The van der Waals surface area contributed by atoms with Crippen LogP contribution in [0.2, 0.25) is 0 Å². The van der Waals surface area contributed by atoms with Gasteiger partial charge in [0.05, 0.1) is 18.5 Å². The van der Waals surface area contributed by atoms with Gasteiger partial charge in [0.15, 0.2) is 0 Å². The molecule has 1 aliphatic rings. The first kappa shape index (κ1) is 11.8. The van der Waals surface area contributed by atoms with Crippen molar-refractivity contribution in [2.75, 3.05) is 12.3 Å². The Morgan fingerprint density at radius 3 is 2.88 bits per heavy atom. The zero-order valence-electron chi connectivity index (χ0n) is 9.72. The number of nitrogens with one attached hydrogen (secondary N) is 1. The summed E-state index contributed by atoms with van der Waals surface area (Å²) in [5, 5.41) is 2.88. The van der Waals surface area contributed by atoms with E-state index in [4.69, 9.17) is 10.5 Å². The summed E-state index contributed by atoms with van der Waals surface area (Å²) in [7, 11) is 0. The quantitative estimate of drug-likeness (QED) is 0.787. The summed E-state index contributed by atoms with van der Waals surface area (Å²) in [5.41, 5.74) is 5.69. The SMILES string of the molecule is CCOC1CC(NC(=O)c2cnc(N)cn2)C1. The molecule has 0 spiro atoms. The van der Waals surface area contributed by atoms with Crippen LogP contribution in [0.25, 0.3) is 0 Å². The van der Waals surface area contributed by atoms with Crippen LogP contribution in [0.3, 0.4) is 0 Å². The van der Waals surface area contributed by atoms with E-state index < -0.39 is 0 Å². The van der Waals surface area contributed by atoms with E-state index in [1.54, 1.807) is 0 Å². The van der Waals surface area contributed by atoms with Crippen molar-refractivity contribution in [3.63, 3.8) is 0 Å². The van der Waals surface area contributed by atoms with E-state index in [1.807, 2.05) is 6.92 Å². The highest BCUT2D eigenvalue weighted by molar-refractivity contribution is 5.92. The van der Waals surface area contributed by atoms with Crippen molar-refractivity contribution in [2.45, 2.75) is 31.9 Å². The minimum absolute atomic E-state index is 0.179. The Kier molecular flexibility index (Phi) is 3.53. The van der Waals surface area contributed by atoms with E-state index in [0.29, 0.717) is 11.5 Å². The molecule has 6 nitrogen and oxygen atoms in total. The fraction of sp³-hybridized carbons (Fsp3) is 0.545. The average molecular weight is 236 g/mol. The molecule has 1 saturated carbocycles. The molecule has 0 aromatic carbocycles. The normalized spacial score (nSPS) is 22.9. The Hall–Kier alpha value is -1.69. The van der Waals surface area contributed by atoms with Gasteiger partial charge in [-0.1, -0.05) is 0 Å². The van der Waals surface area contributed by atoms with Crippen molar-refractivity contribution < 1.29 is 9.53 Å². The Morgan fingerprint density at radius 2 is 2.29 bits per heavy atom. The minimum Gasteiger partial charge on any atom is -0.382 e. The highest BCUT2D eigenvalue weighted by Crippen LogP contribution is 2.23. The maximum absolute atomic E-state index is 11.7. The molecule has 0 atom stereocenters. The molecule has 0 radical (unpaired) electrons. The van der Waals surface area contributed by atoms with Crippen molar-refractivity contribution in [3.05, 3.63) is 18.1 Å². The molecule has 1 fully saturated rings. The lowest BCUT2D eigenvalue weighted by Crippen LogP contribution is -2.48. The lowest BCUT2D eigenvalue weighted by atomic mass is 9.89. The Bertz CT molecular complexity index is 387. The third-order valence-electron chi connectivity index (χ3n) is 2.74. The number of ether oxygens (including phenoxy) is 1. The van der Waals surface area contributed by atoms with Gasteiger partial charge in [-0.05, 0) is 19.8 Å². The van der Waals surface area contributed by atoms with Gasteiger partial charge >= 0.3 is 0 Å². The highest BCUT2D eigenvalue weighted by atomic mass is 16.5. The number of carbonyl (C=O) groups excluding carboxylic acids is 1. The fourth-order valence-electron chi connectivity index (χ4n) is 1.77. The number of aromatic nitrogens is 2. The molecule has 1 heterocycles. The molecular weight excluding hydrogens is 220 g/mol. The molecule has 0 aliphatic heterocycles. The number of hydrogen-bond acceptors (Lipinski definition) is 5. The van der Waals surface area contributed by atoms with Crippen LogP contribution in [0.1, 0.15) is 30.3 Å². The molecule has 1 aliphatic carbocycles. The van der Waals surface area contributed by atoms with Crippen LogP contribution in [0.4, 0.5) is 5.82 Å². The van der Waals surface area contributed by atoms with E-state index in [9.17, 15) is 4.79 Å². The summed E-state index contributed by atoms with van der Waals surface area (Å²) in [4.78, 5) is 19.5. The van der Waals surface area contributed by atoms with Crippen LogP contribution >= 0.6 is 0 Å². The van der Waals surface area contributed by atoms with Crippen LogP contribution in [-0.4, -0.2) is 34.6 Å². The number of anilines is 1. The minimum atomic E-state index is -0.211. The predicted molar refractivity (Wildman–Crippen MR) is 62.3 cm³/mol. The topological polar surface area (TPSA) is 90.1 Å². The molecule has 0 saturated heterocycles. The van der Waals surface area contributed by atoms with Gasteiger partial charge < -0.3 is 15.8 Å². The van der Waals surface area contributed by atoms with Gasteiger partial charge in [0.25, 0.3) is 5.91 Å². The van der Waals surface area contributed by atoms with E-state index in [0.717, 1.165) is 19.4 Å². The highest BCUT2D eigenvalue weighted by Gasteiger charge is 2.31. The van der Waals surface area contributed by atoms with Crippen molar-refractivity contribution in [3.8, 4) is 0 Å². The Labute approximate surface area is 99.6 Å². The standard InChI is InChI=1S/C11H16N4O2/c1-2-17-8-3-7(4-8)15-11(16)9-5-14-10(12)6-13-9/h5-8H,2-4H2,1H3,(H2,12,14)(H,15,16). The Balaban J connectivity index is 1.81. The molecule has 1 aromatic rings. The molecule has 2 rings (SSSR count). The van der Waals surface area contributed by atoms with E-state index in [2.05, 4.69) is 15.3 Å². The fourth-order valence-corrected chi connectivity index (χ4v) is 1.77. The maximum Gasteiger partial charge on any atom is 0.271 e. The lowest BCUT2D eigenvalue weighted by Gasteiger charge is -2.35. The second-order valence-electron chi connectivity index (χ2n) is 4.05. The summed E-state index contributed by atoms with van der Waals surface area (Å²) in [6.45, 7) is 2.69. The maximum atomic E-state index is 11.7. The van der Waals surface area contributed by atoms with Crippen LogP contribution in [0.5, 0.6) is 0 Å². The van der Waals surface area contributed by atoms with Crippen LogP contribution in [0, 0.1) is 0 Å². The number of carbonyl (C=O) groups is 1. The number of rotatable bonds is 4. The predicted octanol–water partition coefficient (Wildman–Crippen LogP) is 0.356. The summed E-state index contributed by atoms with van der Waals surface area (Å²) < 4.78 is 5.42. The van der Waals surface area contributed by atoms with Gasteiger partial charge in [0.2, 0.25) is 0 Å². The molecule has 92 valence electrons. The van der Waals surface area contributed by atoms with Gasteiger partial charge in [-0.2, -0.15) is 0 Å². The van der Waals surface area contributed by atoms with Crippen molar-refractivity contribution >= 4 is 11.7 Å². The van der Waals surface area contributed by atoms with Gasteiger partial charge in [0.1, 0.15) is 11.5 Å². The van der Waals surface area contributed by atoms with Crippen molar-refractivity contribution in [1.82, 2.24) is 15.3 Å². The van der Waals surface area contributed by atoms with Crippen LogP contribution < -0.4 is 11.1 Å². The zero-order valence-corrected chi connectivity index (χ0v) is 9.72. The number of amides is 1. The summed E-state index contributed by atoms with van der Waals surface area (Å²) in [6, 6.07) is 0.179. The molecule has 1 amide bonds. The Morgan fingerprint density at radius 1 is 1.53 bits per heavy atom. The third-order valence-corrected chi connectivity index (χ3v) is 2.74. The third kappa shape index (κ3) is 2.91. The first-order chi connectivity index (χ1) is 8.19. The monoisotopic (exact) mass is 236 g/mol. The van der Waals surface area contributed by atoms with Gasteiger partial charge in [-0.15, -0.1) is 0 Å². The first-order valence-electron chi connectivity index (χ1n) is 5.69. The molecule has 0 bridgehead atoms. The largest absolute Gasteiger partial charge is 0.382 e.